The molecule has 0 saturated carbocycles. The van der Waals surface area contributed by atoms with Crippen molar-refractivity contribution in [2.24, 2.45) is 5.92 Å². The summed E-state index contributed by atoms with van der Waals surface area (Å²) in [5.74, 6) is -0.406. The molecule has 1 N–H and O–H groups in total. The number of nitrogens with one attached hydrogen (secondary N) is 1. The monoisotopic (exact) mass is 289 g/mol. The second-order valence-electron chi connectivity index (χ2n) is 6.24. The van der Waals surface area contributed by atoms with Gasteiger partial charge in [-0.1, -0.05) is 30.3 Å². The molecule has 4 nitrogen and oxygen atoms in total. The maximum Gasteiger partial charge on any atom is 0.326 e. The van der Waals surface area contributed by atoms with E-state index in [4.69, 9.17) is 4.74 Å². The second-order valence-corrected chi connectivity index (χ2v) is 6.24. The fourth-order valence-corrected chi connectivity index (χ4v) is 2.90. The standard InChI is InChI=1S/C17H23NO3/c1-11(2)21-16(20)17(4)10-14(12(3)19)15(18-17)13-8-6-5-7-9-13/h5-9,11,14-15,18H,10H2,1-4H3/t14-,15-,17-/m0/s1. The number of Topliss-reactive ketones (excluding diaryl/α,β-unsaturated/α-hetero) is 1. The van der Waals surface area contributed by atoms with E-state index in [-0.39, 0.29) is 29.8 Å². The topological polar surface area (TPSA) is 55.4 Å². The highest BCUT2D eigenvalue weighted by Gasteiger charge is 2.49. The molecule has 3 atom stereocenters. The Hall–Kier alpha value is -1.68. The van der Waals surface area contributed by atoms with Gasteiger partial charge < -0.3 is 4.74 Å². The van der Waals surface area contributed by atoms with E-state index in [0.717, 1.165) is 5.56 Å². The van der Waals surface area contributed by atoms with Gasteiger partial charge in [0.25, 0.3) is 0 Å². The Balaban J connectivity index is 2.27. The van der Waals surface area contributed by atoms with Crippen LogP contribution in [-0.4, -0.2) is 23.4 Å². The van der Waals surface area contributed by atoms with E-state index in [2.05, 4.69) is 5.32 Å². The smallest absolute Gasteiger partial charge is 0.326 e. The molecule has 0 spiro atoms. The third kappa shape index (κ3) is 3.32. The summed E-state index contributed by atoms with van der Waals surface area (Å²) in [6.07, 6.45) is 0.302. The molecule has 0 bridgehead atoms. The van der Waals surface area contributed by atoms with E-state index in [9.17, 15) is 9.59 Å². The molecular formula is C17H23NO3. The first-order valence-electron chi connectivity index (χ1n) is 7.37. The molecule has 0 radical (unpaired) electrons. The SMILES string of the molecule is CC(=O)[C@@H]1C[C@@](C)(C(=O)OC(C)C)N[C@H]1c1ccccc1. The van der Waals surface area contributed by atoms with E-state index >= 15 is 0 Å². The Bertz CT molecular complexity index is 526. The number of hydrogen-bond acceptors (Lipinski definition) is 4. The minimum Gasteiger partial charge on any atom is -0.462 e. The van der Waals surface area contributed by atoms with Crippen LogP contribution in [-0.2, 0) is 14.3 Å². The van der Waals surface area contributed by atoms with Gasteiger partial charge in [0.15, 0.2) is 0 Å². The number of esters is 1. The van der Waals surface area contributed by atoms with Crippen molar-refractivity contribution in [2.75, 3.05) is 0 Å². The lowest BCUT2D eigenvalue weighted by atomic mass is 9.87. The van der Waals surface area contributed by atoms with Crippen molar-refractivity contribution < 1.29 is 14.3 Å². The summed E-state index contributed by atoms with van der Waals surface area (Å²) in [6, 6.07) is 9.63. The molecule has 1 aliphatic rings. The fraction of sp³-hybridized carbons (Fsp3) is 0.529. The highest BCUT2D eigenvalue weighted by Crippen LogP contribution is 2.39. The zero-order valence-corrected chi connectivity index (χ0v) is 13.1. The summed E-state index contributed by atoms with van der Waals surface area (Å²) in [5.41, 5.74) is 0.208. The first kappa shape index (κ1) is 15.7. The van der Waals surface area contributed by atoms with Gasteiger partial charge in [0, 0.05) is 12.0 Å². The van der Waals surface area contributed by atoms with Gasteiger partial charge in [0.1, 0.15) is 11.3 Å². The number of ketones is 1. The summed E-state index contributed by atoms with van der Waals surface area (Å²) in [7, 11) is 0. The molecule has 4 heteroatoms. The highest BCUT2D eigenvalue weighted by molar-refractivity contribution is 5.86. The minimum absolute atomic E-state index is 0.0948. The summed E-state index contributed by atoms with van der Waals surface area (Å²) < 4.78 is 5.34. The molecule has 0 aromatic heterocycles. The number of ether oxygens (including phenoxy) is 1. The van der Waals surface area contributed by atoms with Crippen LogP contribution in [0.25, 0.3) is 0 Å². The van der Waals surface area contributed by atoms with Crippen LogP contribution in [0, 0.1) is 5.92 Å². The molecule has 0 aliphatic carbocycles. The fourth-order valence-electron chi connectivity index (χ4n) is 2.90. The zero-order chi connectivity index (χ0) is 15.6. The summed E-state index contributed by atoms with van der Waals surface area (Å²) >= 11 is 0. The summed E-state index contributed by atoms with van der Waals surface area (Å²) in [4.78, 5) is 24.3. The van der Waals surface area contributed by atoms with Gasteiger partial charge in [-0.15, -0.1) is 0 Å². The van der Waals surface area contributed by atoms with Crippen LogP contribution in [0.1, 0.15) is 45.7 Å². The molecule has 1 saturated heterocycles. The average Bonchev–Trinajstić information content (AvgIpc) is 2.79. The average molecular weight is 289 g/mol. The maximum atomic E-state index is 12.3. The van der Waals surface area contributed by atoms with Gasteiger partial charge in [-0.05, 0) is 39.7 Å². The van der Waals surface area contributed by atoms with Gasteiger partial charge in [0.2, 0.25) is 0 Å². The number of carbonyl (C=O) groups is 2. The molecule has 1 aromatic carbocycles. The zero-order valence-electron chi connectivity index (χ0n) is 13.1. The van der Waals surface area contributed by atoms with E-state index in [0.29, 0.717) is 6.42 Å². The number of rotatable bonds is 4. The van der Waals surface area contributed by atoms with E-state index in [1.807, 2.05) is 51.1 Å². The maximum absolute atomic E-state index is 12.3. The summed E-state index contributed by atoms with van der Waals surface area (Å²) in [5, 5.41) is 3.32. The molecule has 1 heterocycles. The van der Waals surface area contributed by atoms with Crippen molar-refractivity contribution in [1.82, 2.24) is 5.32 Å². The number of benzene rings is 1. The van der Waals surface area contributed by atoms with E-state index in [1.165, 1.54) is 0 Å². The highest BCUT2D eigenvalue weighted by atomic mass is 16.5. The van der Waals surface area contributed by atoms with Crippen LogP contribution < -0.4 is 5.32 Å². The third-order valence-electron chi connectivity index (χ3n) is 3.98. The van der Waals surface area contributed by atoms with Gasteiger partial charge in [0.05, 0.1) is 6.10 Å². The largest absolute Gasteiger partial charge is 0.462 e. The van der Waals surface area contributed by atoms with Crippen molar-refractivity contribution in [3.8, 4) is 0 Å². The van der Waals surface area contributed by atoms with Gasteiger partial charge in [-0.2, -0.15) is 0 Å². The number of hydrogen-bond donors (Lipinski definition) is 1. The van der Waals surface area contributed by atoms with Crippen molar-refractivity contribution in [3.63, 3.8) is 0 Å². The third-order valence-corrected chi connectivity index (χ3v) is 3.98. The van der Waals surface area contributed by atoms with Crippen LogP contribution in [0.2, 0.25) is 0 Å². The Kier molecular flexibility index (Phi) is 4.47. The Morgan fingerprint density at radius 3 is 2.43 bits per heavy atom. The molecule has 114 valence electrons. The van der Waals surface area contributed by atoms with Crippen molar-refractivity contribution in [3.05, 3.63) is 35.9 Å². The van der Waals surface area contributed by atoms with Gasteiger partial charge in [-0.25, -0.2) is 0 Å². The lowest BCUT2D eigenvalue weighted by molar-refractivity contribution is -0.154. The normalized spacial score (nSPS) is 28.6. The van der Waals surface area contributed by atoms with Gasteiger partial charge in [-0.3, -0.25) is 14.9 Å². The Morgan fingerprint density at radius 2 is 1.90 bits per heavy atom. The molecule has 1 fully saturated rings. The molecule has 1 aromatic rings. The predicted molar refractivity (Wildman–Crippen MR) is 80.7 cm³/mol. The predicted octanol–water partition coefficient (Wildman–Crippen LogP) is 2.64. The van der Waals surface area contributed by atoms with Crippen molar-refractivity contribution in [2.45, 2.75) is 51.8 Å². The molecule has 2 rings (SSSR count). The number of carbonyl (C=O) groups excluding carboxylic acids is 2. The molecule has 21 heavy (non-hydrogen) atoms. The second kappa shape index (κ2) is 5.98. The first-order chi connectivity index (χ1) is 9.83. The lowest BCUT2D eigenvalue weighted by Gasteiger charge is -2.25. The quantitative estimate of drug-likeness (QED) is 0.866. The molecule has 0 unspecified atom stereocenters. The molecule has 1 aliphatic heterocycles. The van der Waals surface area contributed by atoms with Crippen LogP contribution in [0.15, 0.2) is 30.3 Å². The Labute approximate surface area is 125 Å². The van der Waals surface area contributed by atoms with E-state index in [1.54, 1.807) is 6.92 Å². The van der Waals surface area contributed by atoms with E-state index < -0.39 is 5.54 Å². The molecular weight excluding hydrogens is 266 g/mol. The first-order valence-corrected chi connectivity index (χ1v) is 7.37. The Morgan fingerprint density at radius 1 is 1.29 bits per heavy atom. The minimum atomic E-state index is -0.818. The van der Waals surface area contributed by atoms with Crippen molar-refractivity contribution >= 4 is 11.8 Å². The summed E-state index contributed by atoms with van der Waals surface area (Å²) in [6.45, 7) is 7.05. The van der Waals surface area contributed by atoms with Crippen LogP contribution >= 0.6 is 0 Å². The lowest BCUT2D eigenvalue weighted by Crippen LogP contribution is -2.47. The molecule has 0 amide bonds. The van der Waals surface area contributed by atoms with Crippen molar-refractivity contribution in [1.29, 1.82) is 0 Å². The van der Waals surface area contributed by atoms with Crippen LogP contribution in [0.3, 0.4) is 0 Å². The van der Waals surface area contributed by atoms with Crippen LogP contribution in [0.5, 0.6) is 0 Å². The van der Waals surface area contributed by atoms with Gasteiger partial charge >= 0.3 is 5.97 Å². The van der Waals surface area contributed by atoms with Crippen LogP contribution in [0.4, 0.5) is 0 Å².